The van der Waals surface area contributed by atoms with E-state index in [0.29, 0.717) is 0 Å². The lowest BCUT2D eigenvalue weighted by Crippen LogP contribution is -2.12. The number of alkyl halides is 3. The Kier molecular flexibility index (Phi) is 4.21. The summed E-state index contributed by atoms with van der Waals surface area (Å²) in [6.45, 7) is 1.09. The van der Waals surface area contributed by atoms with E-state index in [-0.39, 0.29) is 0 Å². The second-order valence-corrected chi connectivity index (χ2v) is 3.90. The summed E-state index contributed by atoms with van der Waals surface area (Å²) >= 11 is 3.84. The molecule has 16 heavy (non-hydrogen) atoms. The van der Waals surface area contributed by atoms with Crippen LogP contribution in [0.4, 0.5) is 17.6 Å². The van der Waals surface area contributed by atoms with Gasteiger partial charge in [0.05, 0.1) is 17.6 Å². The van der Waals surface area contributed by atoms with Gasteiger partial charge in [-0.05, 0) is 19.1 Å². The normalized spacial score (nSPS) is 13.9. The van der Waals surface area contributed by atoms with Gasteiger partial charge in [0, 0.05) is 5.56 Å². The topological polar surface area (TPSA) is 9.23 Å². The fraction of sp³-hybridized carbons (Fsp3) is 0.400. The summed E-state index contributed by atoms with van der Waals surface area (Å²) < 4.78 is 55.6. The van der Waals surface area contributed by atoms with Crippen LogP contribution in [0.1, 0.15) is 18.1 Å². The van der Waals surface area contributed by atoms with Gasteiger partial charge in [-0.15, -0.1) is 12.6 Å². The van der Waals surface area contributed by atoms with Gasteiger partial charge in [0.2, 0.25) is 0 Å². The van der Waals surface area contributed by atoms with Gasteiger partial charge >= 0.3 is 6.18 Å². The summed E-state index contributed by atoms with van der Waals surface area (Å²) in [4.78, 5) is 0. The van der Waals surface area contributed by atoms with Crippen molar-refractivity contribution in [3.05, 3.63) is 35.1 Å². The predicted octanol–water partition coefficient (Wildman–Crippen LogP) is 3.64. The molecule has 0 amide bonds. The van der Waals surface area contributed by atoms with Gasteiger partial charge in [0.1, 0.15) is 5.82 Å². The van der Waals surface area contributed by atoms with Crippen molar-refractivity contribution < 1.29 is 22.3 Å². The highest BCUT2D eigenvalue weighted by Gasteiger charge is 2.34. The molecular weight excluding hydrogens is 244 g/mol. The van der Waals surface area contributed by atoms with E-state index in [1.165, 1.54) is 6.92 Å². The first-order valence-corrected chi connectivity index (χ1v) is 4.98. The van der Waals surface area contributed by atoms with Gasteiger partial charge in [0.25, 0.3) is 0 Å². The lowest BCUT2D eigenvalue weighted by Gasteiger charge is -2.14. The molecule has 1 aromatic carbocycles. The lowest BCUT2D eigenvalue weighted by atomic mass is 10.1. The van der Waals surface area contributed by atoms with Crippen LogP contribution in [0.3, 0.4) is 0 Å². The summed E-state index contributed by atoms with van der Waals surface area (Å²) in [7, 11) is 0. The SMILES string of the molecule is CC(S)OCc1c(F)cccc1C(F)(F)F. The summed E-state index contributed by atoms with van der Waals surface area (Å²) in [6.07, 6.45) is -4.58. The Hall–Kier alpha value is -0.750. The molecule has 0 aliphatic carbocycles. The molecular formula is C10H10F4OS. The summed E-state index contributed by atoms with van der Waals surface area (Å²) in [6, 6.07) is 2.81. The van der Waals surface area contributed by atoms with Crippen LogP contribution in [-0.4, -0.2) is 5.44 Å². The van der Waals surface area contributed by atoms with E-state index >= 15 is 0 Å². The second kappa shape index (κ2) is 5.05. The summed E-state index contributed by atoms with van der Waals surface area (Å²) in [5, 5.41) is 0. The molecule has 1 nitrogen and oxygen atoms in total. The Balaban J connectivity index is 3.04. The van der Waals surface area contributed by atoms with Crippen LogP contribution >= 0.6 is 12.6 Å². The first-order valence-electron chi connectivity index (χ1n) is 4.46. The van der Waals surface area contributed by atoms with E-state index < -0.39 is 35.2 Å². The molecule has 0 aliphatic heterocycles. The third kappa shape index (κ3) is 3.38. The van der Waals surface area contributed by atoms with Gasteiger partial charge in [-0.2, -0.15) is 13.2 Å². The zero-order valence-electron chi connectivity index (χ0n) is 8.38. The zero-order valence-corrected chi connectivity index (χ0v) is 9.28. The Bertz CT molecular complexity index is 362. The number of hydrogen-bond donors (Lipinski definition) is 1. The highest BCUT2D eigenvalue weighted by atomic mass is 32.1. The van der Waals surface area contributed by atoms with Crippen molar-refractivity contribution in [2.24, 2.45) is 0 Å². The first-order chi connectivity index (χ1) is 7.32. The number of hydrogen-bond acceptors (Lipinski definition) is 2. The van der Waals surface area contributed by atoms with Gasteiger partial charge in [-0.1, -0.05) is 6.07 Å². The maximum Gasteiger partial charge on any atom is 0.416 e. The first kappa shape index (κ1) is 13.3. The summed E-state index contributed by atoms with van der Waals surface area (Å²) in [5.41, 5.74) is -2.06. The maximum atomic E-state index is 13.2. The van der Waals surface area contributed by atoms with Crippen LogP contribution in [0.2, 0.25) is 0 Å². The van der Waals surface area contributed by atoms with E-state index in [1.807, 2.05) is 0 Å². The smallest absolute Gasteiger partial charge is 0.363 e. The van der Waals surface area contributed by atoms with Gasteiger partial charge in [-0.3, -0.25) is 0 Å². The van der Waals surface area contributed by atoms with Crippen molar-refractivity contribution in [3.8, 4) is 0 Å². The minimum atomic E-state index is -4.58. The highest BCUT2D eigenvalue weighted by molar-refractivity contribution is 7.80. The highest BCUT2D eigenvalue weighted by Crippen LogP contribution is 2.33. The van der Waals surface area contributed by atoms with Crippen LogP contribution < -0.4 is 0 Å². The van der Waals surface area contributed by atoms with Crippen molar-refractivity contribution >= 4 is 12.6 Å². The van der Waals surface area contributed by atoms with Crippen molar-refractivity contribution in [1.82, 2.24) is 0 Å². The van der Waals surface area contributed by atoms with E-state index in [4.69, 9.17) is 4.74 Å². The zero-order chi connectivity index (χ0) is 12.3. The van der Waals surface area contributed by atoms with Crippen LogP contribution in [0.15, 0.2) is 18.2 Å². The molecule has 0 radical (unpaired) electrons. The molecule has 0 aliphatic rings. The monoisotopic (exact) mass is 254 g/mol. The van der Waals surface area contributed by atoms with Gasteiger partial charge in [-0.25, -0.2) is 4.39 Å². The molecule has 0 fully saturated rings. The van der Waals surface area contributed by atoms with E-state index in [2.05, 4.69) is 12.6 Å². The Labute approximate surface area is 95.8 Å². The van der Waals surface area contributed by atoms with Crippen molar-refractivity contribution in [2.45, 2.75) is 25.1 Å². The molecule has 1 atom stereocenters. The third-order valence-electron chi connectivity index (χ3n) is 1.89. The molecule has 0 spiro atoms. The van der Waals surface area contributed by atoms with E-state index in [9.17, 15) is 17.6 Å². The molecule has 1 unspecified atom stereocenters. The largest absolute Gasteiger partial charge is 0.416 e. The minimum absolute atomic E-state index is 0.452. The van der Waals surface area contributed by atoms with Crippen LogP contribution in [-0.2, 0) is 17.5 Å². The molecule has 0 heterocycles. The fourth-order valence-corrected chi connectivity index (χ4v) is 1.25. The third-order valence-corrected chi connectivity index (χ3v) is 2.04. The quantitative estimate of drug-likeness (QED) is 0.492. The molecule has 0 aromatic heterocycles. The molecule has 6 heteroatoms. The number of thiol groups is 1. The fourth-order valence-electron chi connectivity index (χ4n) is 1.17. The molecule has 1 rings (SSSR count). The standard InChI is InChI=1S/C10H10F4OS/c1-6(16)15-5-7-8(10(12,13)14)3-2-4-9(7)11/h2-4,6,16H,5H2,1H3. The van der Waals surface area contributed by atoms with Crippen molar-refractivity contribution in [2.75, 3.05) is 0 Å². The van der Waals surface area contributed by atoms with E-state index in [0.717, 1.165) is 18.2 Å². The molecule has 90 valence electrons. The summed E-state index contributed by atoms with van der Waals surface area (Å²) in [5.74, 6) is -0.927. The van der Waals surface area contributed by atoms with E-state index in [1.54, 1.807) is 0 Å². The minimum Gasteiger partial charge on any atom is -0.363 e. The Morgan fingerprint density at radius 2 is 2.00 bits per heavy atom. The van der Waals surface area contributed by atoms with Crippen molar-refractivity contribution in [1.29, 1.82) is 0 Å². The molecule has 0 saturated carbocycles. The van der Waals surface area contributed by atoms with Crippen LogP contribution in [0.25, 0.3) is 0 Å². The average molecular weight is 254 g/mol. The average Bonchev–Trinajstić information content (AvgIpc) is 2.13. The Morgan fingerprint density at radius 1 is 1.38 bits per heavy atom. The van der Waals surface area contributed by atoms with Gasteiger partial charge in [0.15, 0.2) is 0 Å². The van der Waals surface area contributed by atoms with Crippen LogP contribution in [0.5, 0.6) is 0 Å². The molecule has 0 saturated heterocycles. The van der Waals surface area contributed by atoms with Crippen molar-refractivity contribution in [3.63, 3.8) is 0 Å². The number of halogens is 4. The number of rotatable bonds is 3. The van der Waals surface area contributed by atoms with Gasteiger partial charge < -0.3 is 4.74 Å². The number of benzene rings is 1. The molecule has 1 aromatic rings. The lowest BCUT2D eigenvalue weighted by molar-refractivity contribution is -0.139. The maximum absolute atomic E-state index is 13.2. The molecule has 0 N–H and O–H groups in total. The van der Waals surface area contributed by atoms with Crippen LogP contribution in [0, 0.1) is 5.82 Å². The molecule has 0 bridgehead atoms. The number of ether oxygens (including phenoxy) is 1. The second-order valence-electron chi connectivity index (χ2n) is 3.17. The predicted molar refractivity (Wildman–Crippen MR) is 54.6 cm³/mol. The Morgan fingerprint density at radius 3 is 2.50 bits per heavy atom.